The van der Waals surface area contributed by atoms with Crippen LogP contribution in [0.3, 0.4) is 0 Å². The summed E-state index contributed by atoms with van der Waals surface area (Å²) in [5.41, 5.74) is 5.71. The van der Waals surface area contributed by atoms with E-state index in [1.54, 1.807) is 0 Å². The molecule has 1 atom stereocenters. The highest BCUT2D eigenvalue weighted by Gasteiger charge is 2.06. The summed E-state index contributed by atoms with van der Waals surface area (Å²) < 4.78 is 0. The van der Waals surface area contributed by atoms with Crippen LogP contribution in [0.4, 0.5) is 0 Å². The molecule has 0 rings (SSSR count). The van der Waals surface area contributed by atoms with E-state index in [1.807, 2.05) is 0 Å². The Morgan fingerprint density at radius 1 is 0.900 bits per heavy atom. The highest BCUT2D eigenvalue weighted by Crippen LogP contribution is 2.12. The molecule has 0 saturated heterocycles. The third-order valence-corrected chi connectivity index (χ3v) is 3.62. The first kappa shape index (κ1) is 22.0. The van der Waals surface area contributed by atoms with Crippen LogP contribution in [0.2, 0.25) is 0 Å². The molecule has 122 valence electrons. The Bertz CT molecular complexity index is 213. The second-order valence-electron chi connectivity index (χ2n) is 5.68. The van der Waals surface area contributed by atoms with Gasteiger partial charge in [-0.15, -0.1) is 12.4 Å². The van der Waals surface area contributed by atoms with Crippen molar-refractivity contribution in [3.05, 3.63) is 0 Å². The van der Waals surface area contributed by atoms with Crippen LogP contribution in [0.5, 0.6) is 0 Å². The summed E-state index contributed by atoms with van der Waals surface area (Å²) in [7, 11) is 0. The van der Waals surface area contributed by atoms with Gasteiger partial charge in [-0.1, -0.05) is 77.6 Å². The molecule has 0 heterocycles. The maximum Gasteiger partial charge on any atom is 0.304 e. The van der Waals surface area contributed by atoms with Crippen LogP contribution in [0.1, 0.15) is 90.4 Å². The van der Waals surface area contributed by atoms with Gasteiger partial charge in [0.2, 0.25) is 0 Å². The molecule has 0 aliphatic carbocycles. The summed E-state index contributed by atoms with van der Waals surface area (Å²) >= 11 is 0. The number of hydrogen-bond donors (Lipinski definition) is 2. The lowest BCUT2D eigenvalue weighted by Gasteiger charge is -2.08. The van der Waals surface area contributed by atoms with Crippen LogP contribution in [-0.4, -0.2) is 17.1 Å². The van der Waals surface area contributed by atoms with Gasteiger partial charge in [0, 0.05) is 6.04 Å². The average Bonchev–Trinajstić information content (AvgIpc) is 2.35. The Hall–Kier alpha value is -0.280. The molecule has 0 aromatic carbocycles. The second kappa shape index (κ2) is 16.8. The van der Waals surface area contributed by atoms with Crippen LogP contribution in [0.15, 0.2) is 0 Å². The van der Waals surface area contributed by atoms with Crippen molar-refractivity contribution in [2.45, 2.75) is 96.4 Å². The molecule has 0 fully saturated rings. The summed E-state index contributed by atoms with van der Waals surface area (Å²) in [6, 6.07) is -0.156. The van der Waals surface area contributed by atoms with Crippen molar-refractivity contribution in [2.24, 2.45) is 5.73 Å². The molecule has 3 nitrogen and oxygen atoms in total. The Morgan fingerprint density at radius 2 is 1.30 bits per heavy atom. The Kier molecular flexibility index (Phi) is 18.5. The maximum atomic E-state index is 10.4. The van der Waals surface area contributed by atoms with E-state index in [0.29, 0.717) is 0 Å². The Balaban J connectivity index is 0. The smallest absolute Gasteiger partial charge is 0.304 e. The van der Waals surface area contributed by atoms with Crippen LogP contribution in [0.25, 0.3) is 0 Å². The number of hydrogen-bond acceptors (Lipinski definition) is 2. The molecular formula is C16H34ClNO2. The lowest BCUT2D eigenvalue weighted by molar-refractivity contribution is -0.137. The van der Waals surface area contributed by atoms with E-state index in [0.717, 1.165) is 12.8 Å². The minimum absolute atomic E-state index is 0. The quantitative estimate of drug-likeness (QED) is 0.448. The maximum absolute atomic E-state index is 10.4. The van der Waals surface area contributed by atoms with E-state index in [-0.39, 0.29) is 24.9 Å². The molecule has 0 aliphatic rings. The van der Waals surface area contributed by atoms with Crippen LogP contribution >= 0.6 is 12.4 Å². The molecular weight excluding hydrogens is 274 g/mol. The first-order chi connectivity index (χ1) is 9.16. The summed E-state index contributed by atoms with van der Waals surface area (Å²) in [5, 5.41) is 8.58. The van der Waals surface area contributed by atoms with Gasteiger partial charge in [-0.25, -0.2) is 0 Å². The lowest BCUT2D eigenvalue weighted by Crippen LogP contribution is -2.23. The summed E-state index contributed by atoms with van der Waals surface area (Å²) in [5.74, 6) is -0.782. The summed E-state index contributed by atoms with van der Waals surface area (Å²) in [4.78, 5) is 10.4. The predicted octanol–water partition coefficient (Wildman–Crippen LogP) is 4.91. The van der Waals surface area contributed by atoms with Gasteiger partial charge >= 0.3 is 5.97 Å². The molecule has 0 amide bonds. The van der Waals surface area contributed by atoms with Crippen molar-refractivity contribution in [3.8, 4) is 0 Å². The monoisotopic (exact) mass is 307 g/mol. The lowest BCUT2D eigenvalue weighted by atomic mass is 10.0. The molecule has 0 saturated carbocycles. The van der Waals surface area contributed by atoms with E-state index < -0.39 is 5.97 Å². The number of unbranched alkanes of at least 4 members (excludes halogenated alkanes) is 10. The molecule has 0 aromatic rings. The molecule has 20 heavy (non-hydrogen) atoms. The standard InChI is InChI=1S/C16H33NO2.ClH/c1-2-3-4-5-6-7-8-9-10-11-12-13-15(17)14-16(18)19;/h15H,2-14,17H2,1H3,(H,18,19);1H/t15-;/m0./s1. The zero-order chi connectivity index (χ0) is 14.3. The van der Waals surface area contributed by atoms with Crippen molar-refractivity contribution in [2.75, 3.05) is 0 Å². The van der Waals surface area contributed by atoms with E-state index in [1.165, 1.54) is 64.2 Å². The van der Waals surface area contributed by atoms with Crippen molar-refractivity contribution in [3.63, 3.8) is 0 Å². The largest absolute Gasteiger partial charge is 0.481 e. The number of nitrogens with two attached hydrogens (primary N) is 1. The van der Waals surface area contributed by atoms with Gasteiger partial charge in [0.05, 0.1) is 6.42 Å². The number of carbonyl (C=O) groups is 1. The fourth-order valence-corrected chi connectivity index (χ4v) is 2.40. The van der Waals surface area contributed by atoms with Gasteiger partial charge in [0.1, 0.15) is 0 Å². The highest BCUT2D eigenvalue weighted by molar-refractivity contribution is 5.85. The Morgan fingerprint density at radius 3 is 1.70 bits per heavy atom. The number of carboxylic acid groups (broad SMARTS) is 1. The predicted molar refractivity (Wildman–Crippen MR) is 88.6 cm³/mol. The number of aliphatic carboxylic acids is 1. The second-order valence-corrected chi connectivity index (χ2v) is 5.68. The van der Waals surface area contributed by atoms with E-state index in [9.17, 15) is 4.79 Å². The minimum atomic E-state index is -0.782. The van der Waals surface area contributed by atoms with Crippen molar-refractivity contribution in [1.29, 1.82) is 0 Å². The van der Waals surface area contributed by atoms with Gasteiger partial charge in [0.15, 0.2) is 0 Å². The van der Waals surface area contributed by atoms with Gasteiger partial charge in [0.25, 0.3) is 0 Å². The van der Waals surface area contributed by atoms with Gasteiger partial charge in [-0.2, -0.15) is 0 Å². The first-order valence-electron chi connectivity index (χ1n) is 8.14. The van der Waals surface area contributed by atoms with Gasteiger partial charge < -0.3 is 10.8 Å². The third kappa shape index (κ3) is 17.7. The fourth-order valence-electron chi connectivity index (χ4n) is 2.40. The van der Waals surface area contributed by atoms with Gasteiger partial charge in [-0.05, 0) is 6.42 Å². The van der Waals surface area contributed by atoms with Crippen molar-refractivity contribution in [1.82, 2.24) is 0 Å². The fraction of sp³-hybridized carbons (Fsp3) is 0.938. The van der Waals surface area contributed by atoms with Crippen LogP contribution in [-0.2, 0) is 4.79 Å². The molecule has 3 N–H and O–H groups in total. The van der Waals surface area contributed by atoms with Crippen LogP contribution in [0, 0.1) is 0 Å². The molecule has 0 bridgehead atoms. The average molecular weight is 308 g/mol. The van der Waals surface area contributed by atoms with E-state index in [4.69, 9.17) is 10.8 Å². The SMILES string of the molecule is CCCCCCCCCCCCC[C@H](N)CC(=O)O.Cl. The molecule has 0 aliphatic heterocycles. The zero-order valence-corrected chi connectivity index (χ0v) is 13.9. The summed E-state index contributed by atoms with van der Waals surface area (Å²) in [6.45, 7) is 2.25. The number of rotatable bonds is 14. The molecule has 0 unspecified atom stereocenters. The van der Waals surface area contributed by atoms with E-state index >= 15 is 0 Å². The highest BCUT2D eigenvalue weighted by atomic mass is 35.5. The van der Waals surface area contributed by atoms with Crippen LogP contribution < -0.4 is 5.73 Å². The Labute approximate surface area is 131 Å². The summed E-state index contributed by atoms with van der Waals surface area (Å²) in [6.07, 6.45) is 15.5. The zero-order valence-electron chi connectivity index (χ0n) is 13.1. The molecule has 0 radical (unpaired) electrons. The normalized spacial score (nSPS) is 11.9. The van der Waals surface area contributed by atoms with Crippen molar-refractivity contribution >= 4 is 18.4 Å². The third-order valence-electron chi connectivity index (χ3n) is 3.62. The minimum Gasteiger partial charge on any atom is -0.481 e. The van der Waals surface area contributed by atoms with Crippen molar-refractivity contribution < 1.29 is 9.90 Å². The molecule has 0 spiro atoms. The number of carboxylic acids is 1. The molecule has 4 heteroatoms. The number of halogens is 1. The van der Waals surface area contributed by atoms with Gasteiger partial charge in [-0.3, -0.25) is 4.79 Å². The van der Waals surface area contributed by atoms with E-state index in [2.05, 4.69) is 6.92 Å². The topological polar surface area (TPSA) is 63.3 Å². The first-order valence-corrected chi connectivity index (χ1v) is 8.14. The molecule has 0 aromatic heterocycles.